The molecule has 1 saturated carbocycles. The van der Waals surface area contributed by atoms with Crippen molar-refractivity contribution < 1.29 is 13.7 Å². The van der Waals surface area contributed by atoms with Crippen LogP contribution in [0.2, 0.25) is 0 Å². The second-order valence-corrected chi connectivity index (χ2v) is 11.3. The van der Waals surface area contributed by atoms with Gasteiger partial charge in [0.05, 0.1) is 5.70 Å². The van der Waals surface area contributed by atoms with Crippen LogP contribution in [0.1, 0.15) is 46.0 Å². The molecule has 0 radical (unpaired) electrons. The summed E-state index contributed by atoms with van der Waals surface area (Å²) in [5, 5.41) is 0. The number of carbonyl (C=O) groups is 1. The van der Waals surface area contributed by atoms with Crippen molar-refractivity contribution in [2.75, 3.05) is 41.3 Å². The molecule has 1 amide bonds. The number of rotatable bonds is 12. The van der Waals surface area contributed by atoms with Gasteiger partial charge in [-0.3, -0.25) is 4.79 Å². The Balaban J connectivity index is 2.20. The third-order valence-electron chi connectivity index (χ3n) is 6.36. The minimum absolute atomic E-state index is 0.0141. The molecule has 3 rings (SSSR count). The summed E-state index contributed by atoms with van der Waals surface area (Å²) in [4.78, 5) is 17.2. The first-order valence-electron chi connectivity index (χ1n) is 12.0. The van der Waals surface area contributed by atoms with E-state index in [4.69, 9.17) is 4.74 Å². The summed E-state index contributed by atoms with van der Waals surface area (Å²) in [6.45, 7) is 6.13. The topological polar surface area (TPSA) is 53.1 Å². The Bertz CT molecular complexity index is 918. The van der Waals surface area contributed by atoms with Crippen LogP contribution < -0.4 is 4.74 Å². The molecule has 2 aliphatic carbocycles. The van der Waals surface area contributed by atoms with Crippen molar-refractivity contribution in [1.82, 2.24) is 14.1 Å². The summed E-state index contributed by atoms with van der Waals surface area (Å²) >= 11 is 0. The van der Waals surface area contributed by atoms with E-state index in [0.717, 1.165) is 61.6 Å². The van der Waals surface area contributed by atoms with Crippen LogP contribution in [-0.2, 0) is 15.8 Å². The molecule has 1 fully saturated rings. The molecule has 0 bridgehead atoms. The molecule has 7 heteroatoms. The molecule has 3 atom stereocenters. The Kier molecular flexibility index (Phi) is 8.40. The van der Waals surface area contributed by atoms with Crippen molar-refractivity contribution in [3.05, 3.63) is 53.4 Å². The molecule has 6 nitrogen and oxygen atoms in total. The quantitative estimate of drug-likeness (QED) is 0.457. The lowest BCUT2D eigenvalue weighted by Gasteiger charge is -2.35. The molecule has 33 heavy (non-hydrogen) atoms. The van der Waals surface area contributed by atoms with Crippen molar-refractivity contribution in [2.45, 2.75) is 50.7 Å². The average Bonchev–Trinajstić information content (AvgIpc) is 3.56. The lowest BCUT2D eigenvalue weighted by atomic mass is 9.98. The number of unbranched alkanes of at least 4 members (excludes halogenated alkanes) is 2. The van der Waals surface area contributed by atoms with E-state index in [-0.39, 0.29) is 11.8 Å². The Morgan fingerprint density at radius 2 is 1.67 bits per heavy atom. The Labute approximate surface area is 201 Å². The van der Waals surface area contributed by atoms with Gasteiger partial charge in [0.25, 0.3) is 0 Å². The van der Waals surface area contributed by atoms with Gasteiger partial charge in [0, 0.05) is 38.7 Å². The first-order chi connectivity index (χ1) is 15.8. The van der Waals surface area contributed by atoms with E-state index in [2.05, 4.69) is 18.7 Å². The van der Waals surface area contributed by atoms with Gasteiger partial charge >= 0.3 is 0 Å². The SMILES string of the molecule is CCCCN(CCCC)C1=C(Oc2ccccc2)C2(S(=O)N(C)C)CC2C(C(=O)N(C)C)=C1. The van der Waals surface area contributed by atoms with Crippen LogP contribution in [-0.4, -0.2) is 70.2 Å². The summed E-state index contributed by atoms with van der Waals surface area (Å²) in [6, 6.07) is 9.71. The van der Waals surface area contributed by atoms with E-state index >= 15 is 0 Å². The first kappa shape index (κ1) is 25.5. The monoisotopic (exact) mass is 473 g/mol. The van der Waals surface area contributed by atoms with Gasteiger partial charge in [-0.05, 0) is 51.6 Å². The lowest BCUT2D eigenvalue weighted by Crippen LogP contribution is -2.41. The predicted molar refractivity (Wildman–Crippen MR) is 135 cm³/mol. The summed E-state index contributed by atoms with van der Waals surface area (Å²) in [5.74, 6) is 1.35. The number of likely N-dealkylation sites (N-methyl/N-ethyl adjacent to an activating group) is 1. The molecule has 182 valence electrons. The van der Waals surface area contributed by atoms with Gasteiger partial charge in [0.2, 0.25) is 5.91 Å². The number of hydrogen-bond donors (Lipinski definition) is 0. The van der Waals surface area contributed by atoms with E-state index < -0.39 is 15.7 Å². The summed E-state index contributed by atoms with van der Waals surface area (Å²) in [7, 11) is 5.88. The molecular weight excluding hydrogens is 434 g/mol. The Morgan fingerprint density at radius 1 is 1.06 bits per heavy atom. The lowest BCUT2D eigenvalue weighted by molar-refractivity contribution is -0.125. The number of fused-ring (bicyclic) bond motifs is 1. The minimum Gasteiger partial charge on any atom is -0.458 e. The molecule has 0 aromatic heterocycles. The van der Waals surface area contributed by atoms with Crippen LogP contribution in [0.5, 0.6) is 5.75 Å². The highest BCUT2D eigenvalue weighted by molar-refractivity contribution is 7.84. The number of carbonyl (C=O) groups excluding carboxylic acids is 1. The molecule has 0 aliphatic heterocycles. The van der Waals surface area contributed by atoms with Gasteiger partial charge in [0.1, 0.15) is 27.2 Å². The van der Waals surface area contributed by atoms with Crippen molar-refractivity contribution in [3.63, 3.8) is 0 Å². The summed E-state index contributed by atoms with van der Waals surface area (Å²) < 4.78 is 21.3. The highest BCUT2D eigenvalue weighted by Gasteiger charge is 2.68. The molecule has 3 unspecified atom stereocenters. The average molecular weight is 474 g/mol. The maximum atomic E-state index is 13.7. The molecule has 0 heterocycles. The normalized spacial score (nSPS) is 22.5. The fourth-order valence-electron chi connectivity index (χ4n) is 4.48. The van der Waals surface area contributed by atoms with Gasteiger partial charge < -0.3 is 14.5 Å². The molecule has 0 saturated heterocycles. The number of benzene rings is 1. The van der Waals surface area contributed by atoms with Crippen molar-refractivity contribution >= 4 is 16.9 Å². The molecule has 0 spiro atoms. The van der Waals surface area contributed by atoms with E-state index in [9.17, 15) is 9.00 Å². The van der Waals surface area contributed by atoms with E-state index in [1.54, 1.807) is 23.3 Å². The van der Waals surface area contributed by atoms with Crippen LogP contribution in [0, 0.1) is 5.92 Å². The number of ether oxygens (including phenoxy) is 1. The van der Waals surface area contributed by atoms with E-state index in [0.29, 0.717) is 6.42 Å². The standard InChI is InChI=1S/C26H39N3O3S/c1-7-9-16-29(17-10-8-2)23-18-21(25(30)27(3)4)22-19-26(22,33(31)28(5)6)24(23)32-20-14-12-11-13-15-20/h11-15,18,22H,7-10,16-17,19H2,1-6H3. The van der Waals surface area contributed by atoms with Crippen LogP contribution in [0.15, 0.2) is 53.4 Å². The minimum atomic E-state index is -1.34. The zero-order valence-electron chi connectivity index (χ0n) is 21.0. The van der Waals surface area contributed by atoms with E-state index in [1.807, 2.05) is 50.5 Å². The second kappa shape index (κ2) is 10.9. The van der Waals surface area contributed by atoms with Gasteiger partial charge in [0.15, 0.2) is 0 Å². The highest BCUT2D eigenvalue weighted by Crippen LogP contribution is 2.61. The fourth-order valence-corrected chi connectivity index (χ4v) is 6.12. The molecule has 1 aromatic carbocycles. The molecule has 0 N–H and O–H groups in total. The zero-order valence-corrected chi connectivity index (χ0v) is 21.8. The largest absolute Gasteiger partial charge is 0.458 e. The Morgan fingerprint density at radius 3 is 2.18 bits per heavy atom. The Hall–Kier alpha value is -2.12. The van der Waals surface area contributed by atoms with Gasteiger partial charge in [-0.15, -0.1) is 0 Å². The van der Waals surface area contributed by atoms with Crippen LogP contribution in [0.4, 0.5) is 0 Å². The summed E-state index contributed by atoms with van der Waals surface area (Å²) in [5.41, 5.74) is 1.65. The number of hydrogen-bond acceptors (Lipinski definition) is 4. The molecular formula is C26H39N3O3S. The zero-order chi connectivity index (χ0) is 24.2. The van der Waals surface area contributed by atoms with Crippen LogP contribution in [0.3, 0.4) is 0 Å². The highest BCUT2D eigenvalue weighted by atomic mass is 32.2. The maximum Gasteiger partial charge on any atom is 0.249 e. The number of nitrogens with zero attached hydrogens (tertiary/aromatic N) is 3. The fraction of sp³-hybridized carbons (Fsp3) is 0.577. The molecule has 2 aliphatic rings. The number of para-hydroxylation sites is 1. The van der Waals surface area contributed by atoms with Gasteiger partial charge in [-0.2, -0.15) is 0 Å². The van der Waals surface area contributed by atoms with Crippen molar-refractivity contribution in [2.24, 2.45) is 5.92 Å². The van der Waals surface area contributed by atoms with Crippen LogP contribution >= 0.6 is 0 Å². The van der Waals surface area contributed by atoms with Gasteiger partial charge in [-0.25, -0.2) is 8.51 Å². The predicted octanol–water partition coefficient (Wildman–Crippen LogP) is 4.19. The van der Waals surface area contributed by atoms with Crippen molar-refractivity contribution in [1.29, 1.82) is 0 Å². The number of allylic oxidation sites excluding steroid dienone is 1. The van der Waals surface area contributed by atoms with Gasteiger partial charge in [-0.1, -0.05) is 44.9 Å². The third kappa shape index (κ3) is 5.19. The van der Waals surface area contributed by atoms with E-state index in [1.165, 1.54) is 0 Å². The van der Waals surface area contributed by atoms with Crippen LogP contribution in [0.25, 0.3) is 0 Å². The first-order valence-corrected chi connectivity index (χ1v) is 13.1. The maximum absolute atomic E-state index is 13.7. The second-order valence-electron chi connectivity index (χ2n) is 9.33. The smallest absolute Gasteiger partial charge is 0.249 e. The third-order valence-corrected chi connectivity index (χ3v) is 8.28. The summed E-state index contributed by atoms with van der Waals surface area (Å²) in [6.07, 6.45) is 6.91. The molecule has 1 aromatic rings. The van der Waals surface area contributed by atoms with Crippen molar-refractivity contribution in [3.8, 4) is 5.75 Å². The number of amides is 1.